The predicted octanol–water partition coefficient (Wildman–Crippen LogP) is -0.00788. The van der Waals surface area contributed by atoms with E-state index in [1.54, 1.807) is 11.5 Å². The van der Waals surface area contributed by atoms with E-state index < -0.39 is 24.5 Å². The number of rotatable bonds is 2. The Hall–Kier alpha value is -1.77. The van der Waals surface area contributed by atoms with Gasteiger partial charge in [-0.2, -0.15) is 0 Å². The van der Waals surface area contributed by atoms with Crippen LogP contribution in [0.4, 0.5) is 5.82 Å². The van der Waals surface area contributed by atoms with Crippen LogP contribution in [0.2, 0.25) is 0 Å². The Labute approximate surface area is 121 Å². The molecule has 1 fully saturated rings. The Bertz CT molecular complexity index is 671. The minimum Gasteiger partial charge on any atom is -0.388 e. The van der Waals surface area contributed by atoms with Gasteiger partial charge in [-0.15, -0.1) is 0 Å². The van der Waals surface area contributed by atoms with E-state index in [0.29, 0.717) is 17.0 Å². The van der Waals surface area contributed by atoms with E-state index in [9.17, 15) is 10.2 Å². The van der Waals surface area contributed by atoms with Gasteiger partial charge in [0, 0.05) is 0 Å². The van der Waals surface area contributed by atoms with Gasteiger partial charge in [0.15, 0.2) is 17.7 Å². The molecule has 0 spiro atoms. The van der Waals surface area contributed by atoms with Crippen LogP contribution in [0.3, 0.4) is 0 Å². The Morgan fingerprint density at radius 2 is 2.00 bits per heavy atom. The first-order valence-electron chi connectivity index (χ1n) is 6.88. The van der Waals surface area contributed by atoms with E-state index >= 15 is 0 Å². The van der Waals surface area contributed by atoms with Crippen molar-refractivity contribution in [1.29, 1.82) is 0 Å². The Balaban J connectivity index is 2.05. The fourth-order valence-corrected chi connectivity index (χ4v) is 2.70. The summed E-state index contributed by atoms with van der Waals surface area (Å²) in [5.74, 6) is 0.871. The van der Waals surface area contributed by atoms with Gasteiger partial charge in [-0.05, 0) is 12.8 Å². The third-order valence-corrected chi connectivity index (χ3v) is 3.77. The molecular formula is C13H19N5O3. The molecule has 0 aromatic carbocycles. The van der Waals surface area contributed by atoms with E-state index in [1.807, 2.05) is 13.8 Å². The number of ether oxygens (including phenoxy) is 1. The summed E-state index contributed by atoms with van der Waals surface area (Å²) >= 11 is 0. The number of nitrogens with two attached hydrogens (primary N) is 1. The second kappa shape index (κ2) is 4.90. The zero-order valence-electron chi connectivity index (χ0n) is 12.1. The number of hydrogen-bond acceptors (Lipinski definition) is 7. The highest BCUT2D eigenvalue weighted by Gasteiger charge is 2.45. The summed E-state index contributed by atoms with van der Waals surface area (Å²) in [4.78, 5) is 12.5. The van der Waals surface area contributed by atoms with E-state index in [0.717, 1.165) is 0 Å². The fraction of sp³-hybridized carbons (Fsp3) is 0.615. The fourth-order valence-electron chi connectivity index (χ4n) is 2.70. The first kappa shape index (κ1) is 14.2. The molecule has 114 valence electrons. The molecule has 1 saturated heterocycles. The lowest BCUT2D eigenvalue weighted by Crippen LogP contribution is -2.33. The molecule has 3 heterocycles. The monoisotopic (exact) mass is 293 g/mol. The number of aromatic nitrogens is 4. The number of aliphatic hydroxyl groups excluding tert-OH is 2. The summed E-state index contributed by atoms with van der Waals surface area (Å²) in [5.41, 5.74) is 6.77. The van der Waals surface area contributed by atoms with Crippen molar-refractivity contribution in [1.82, 2.24) is 19.5 Å². The second-order valence-corrected chi connectivity index (χ2v) is 5.70. The third kappa shape index (κ3) is 2.15. The molecule has 0 amide bonds. The van der Waals surface area contributed by atoms with Gasteiger partial charge < -0.3 is 20.7 Å². The third-order valence-electron chi connectivity index (χ3n) is 3.77. The van der Waals surface area contributed by atoms with Crippen molar-refractivity contribution in [2.75, 3.05) is 5.73 Å². The van der Waals surface area contributed by atoms with Crippen molar-refractivity contribution in [2.45, 2.75) is 45.3 Å². The first-order chi connectivity index (χ1) is 9.90. The highest BCUT2D eigenvalue weighted by atomic mass is 16.6. The standard InChI is InChI=1S/C13H19N5O3/c1-5(2)10-8(19)9(20)13(21-10)18-4-15-7-11(14)16-6(3)17-12(7)18/h4-5,8-10,13,19-20H,1-3H3,(H2,14,16,17)/t8-,9?,10-,13-/m1/s1. The van der Waals surface area contributed by atoms with Gasteiger partial charge in [-0.25, -0.2) is 15.0 Å². The SMILES string of the molecule is Cc1nc(N)c2ncn([C@@H]3O[C@H](C(C)C)[C@H](O)C3O)c2n1. The van der Waals surface area contributed by atoms with Crippen LogP contribution in [0, 0.1) is 12.8 Å². The minimum absolute atomic E-state index is 0.0795. The molecule has 21 heavy (non-hydrogen) atoms. The molecule has 1 aliphatic rings. The van der Waals surface area contributed by atoms with Crippen LogP contribution in [0.15, 0.2) is 6.33 Å². The highest BCUT2D eigenvalue weighted by molar-refractivity contribution is 5.81. The lowest BCUT2D eigenvalue weighted by Gasteiger charge is -2.18. The molecule has 4 atom stereocenters. The normalized spacial score (nSPS) is 29.6. The minimum atomic E-state index is -1.05. The van der Waals surface area contributed by atoms with Gasteiger partial charge in [0.05, 0.1) is 12.4 Å². The zero-order chi connectivity index (χ0) is 15.3. The summed E-state index contributed by atoms with van der Waals surface area (Å²) < 4.78 is 7.40. The number of aliphatic hydroxyl groups is 2. The molecule has 2 aromatic rings. The number of hydrogen-bond donors (Lipinski definition) is 3. The Morgan fingerprint density at radius 3 is 2.62 bits per heavy atom. The van der Waals surface area contributed by atoms with Crippen LogP contribution in [-0.4, -0.2) is 48.0 Å². The smallest absolute Gasteiger partial charge is 0.167 e. The van der Waals surface area contributed by atoms with Crippen LogP contribution >= 0.6 is 0 Å². The summed E-state index contributed by atoms with van der Waals surface area (Å²) in [6.45, 7) is 5.59. The molecule has 1 unspecified atom stereocenters. The average Bonchev–Trinajstić information content (AvgIpc) is 2.93. The van der Waals surface area contributed by atoms with Gasteiger partial charge in [-0.1, -0.05) is 13.8 Å². The summed E-state index contributed by atoms with van der Waals surface area (Å²) in [6.07, 6.45) is -1.69. The van der Waals surface area contributed by atoms with Gasteiger partial charge in [0.25, 0.3) is 0 Å². The second-order valence-electron chi connectivity index (χ2n) is 5.70. The lowest BCUT2D eigenvalue weighted by atomic mass is 10.0. The molecule has 3 rings (SSSR count). The van der Waals surface area contributed by atoms with Crippen LogP contribution in [0.5, 0.6) is 0 Å². The quantitative estimate of drug-likeness (QED) is 0.712. The summed E-state index contributed by atoms with van der Waals surface area (Å²) in [5, 5.41) is 20.4. The number of nitrogens with zero attached hydrogens (tertiary/aromatic N) is 4. The largest absolute Gasteiger partial charge is 0.388 e. The van der Waals surface area contributed by atoms with Crippen LogP contribution in [-0.2, 0) is 4.74 Å². The molecule has 0 saturated carbocycles. The summed E-state index contributed by atoms with van der Waals surface area (Å²) in [6, 6.07) is 0. The topological polar surface area (TPSA) is 119 Å². The van der Waals surface area contributed by atoms with E-state index in [1.165, 1.54) is 6.33 Å². The molecule has 1 aliphatic heterocycles. The van der Waals surface area contributed by atoms with Crippen LogP contribution in [0.1, 0.15) is 25.9 Å². The van der Waals surface area contributed by atoms with Crippen LogP contribution < -0.4 is 5.73 Å². The molecular weight excluding hydrogens is 274 g/mol. The molecule has 0 aliphatic carbocycles. The maximum Gasteiger partial charge on any atom is 0.167 e. The maximum absolute atomic E-state index is 10.2. The Morgan fingerprint density at radius 1 is 1.29 bits per heavy atom. The lowest BCUT2D eigenvalue weighted by molar-refractivity contribution is -0.0492. The molecule has 8 heteroatoms. The number of anilines is 1. The van der Waals surface area contributed by atoms with Gasteiger partial charge >= 0.3 is 0 Å². The number of fused-ring (bicyclic) bond motifs is 1. The van der Waals surface area contributed by atoms with Crippen molar-refractivity contribution >= 4 is 17.0 Å². The molecule has 0 bridgehead atoms. The number of imidazole rings is 1. The number of nitrogen functional groups attached to an aromatic ring is 1. The van der Waals surface area contributed by atoms with Crippen molar-refractivity contribution in [3.8, 4) is 0 Å². The van der Waals surface area contributed by atoms with E-state index in [2.05, 4.69) is 15.0 Å². The molecule has 2 aromatic heterocycles. The Kier molecular flexibility index (Phi) is 3.31. The van der Waals surface area contributed by atoms with Gasteiger partial charge in [0.2, 0.25) is 0 Å². The van der Waals surface area contributed by atoms with Crippen LogP contribution in [0.25, 0.3) is 11.2 Å². The summed E-state index contributed by atoms with van der Waals surface area (Å²) in [7, 11) is 0. The molecule has 0 radical (unpaired) electrons. The number of aryl methyl sites for hydroxylation is 1. The van der Waals surface area contributed by atoms with Crippen molar-refractivity contribution in [3.63, 3.8) is 0 Å². The van der Waals surface area contributed by atoms with E-state index in [4.69, 9.17) is 10.5 Å². The molecule has 8 nitrogen and oxygen atoms in total. The van der Waals surface area contributed by atoms with Gasteiger partial charge in [-0.3, -0.25) is 4.57 Å². The first-order valence-corrected chi connectivity index (χ1v) is 6.88. The van der Waals surface area contributed by atoms with E-state index in [-0.39, 0.29) is 11.7 Å². The predicted molar refractivity (Wildman–Crippen MR) is 75.2 cm³/mol. The maximum atomic E-state index is 10.2. The van der Waals surface area contributed by atoms with Crippen molar-refractivity contribution in [3.05, 3.63) is 12.2 Å². The molecule has 4 N–H and O–H groups in total. The van der Waals surface area contributed by atoms with Crippen molar-refractivity contribution < 1.29 is 14.9 Å². The highest BCUT2D eigenvalue weighted by Crippen LogP contribution is 2.34. The van der Waals surface area contributed by atoms with Gasteiger partial charge in [0.1, 0.15) is 23.5 Å². The van der Waals surface area contributed by atoms with Crippen molar-refractivity contribution in [2.24, 2.45) is 5.92 Å². The average molecular weight is 293 g/mol. The zero-order valence-corrected chi connectivity index (χ0v) is 12.1.